The maximum Gasteiger partial charge on any atom is 0.316 e. The molecule has 0 saturated heterocycles. The van der Waals surface area contributed by atoms with Gasteiger partial charge in [0.05, 0.1) is 5.75 Å². The van der Waals surface area contributed by atoms with Crippen LogP contribution in [0.25, 0.3) is 0 Å². The molecule has 4 nitrogen and oxygen atoms in total. The molecule has 0 aromatic heterocycles. The molecule has 0 heterocycles. The highest BCUT2D eigenvalue weighted by atomic mass is 32.2. The predicted octanol–water partition coefficient (Wildman–Crippen LogP) is 3.80. The standard InChI is InChI=1S/C19H21NO3S/c1-14-8-10-16(11-9-14)12-24-13-18(21)23-15(2)19(22)20-17-6-4-3-5-7-17/h3-11,15H,12-13H2,1-2H3,(H,20,22)/t15-/m1/s1. The Hall–Kier alpha value is -2.27. The number of rotatable bonds is 7. The highest BCUT2D eigenvalue weighted by Crippen LogP contribution is 2.14. The molecule has 2 aromatic carbocycles. The number of esters is 1. The minimum absolute atomic E-state index is 0.219. The number of anilines is 1. The van der Waals surface area contributed by atoms with Crippen molar-refractivity contribution in [2.45, 2.75) is 25.7 Å². The number of benzene rings is 2. The quantitative estimate of drug-likeness (QED) is 0.777. The molecule has 0 spiro atoms. The van der Waals surface area contributed by atoms with Gasteiger partial charge in [-0.05, 0) is 31.5 Å². The first-order valence-corrected chi connectivity index (χ1v) is 8.89. The van der Waals surface area contributed by atoms with Gasteiger partial charge in [-0.15, -0.1) is 11.8 Å². The van der Waals surface area contributed by atoms with E-state index in [4.69, 9.17) is 4.74 Å². The molecular formula is C19H21NO3S. The minimum atomic E-state index is -0.822. The van der Waals surface area contributed by atoms with E-state index >= 15 is 0 Å². The van der Waals surface area contributed by atoms with Gasteiger partial charge in [-0.3, -0.25) is 9.59 Å². The first kappa shape index (κ1) is 18.1. The lowest BCUT2D eigenvalue weighted by molar-refractivity contribution is -0.150. The number of carbonyl (C=O) groups excluding carboxylic acids is 2. The van der Waals surface area contributed by atoms with E-state index in [9.17, 15) is 9.59 Å². The molecule has 2 aromatic rings. The van der Waals surface area contributed by atoms with E-state index < -0.39 is 6.10 Å². The van der Waals surface area contributed by atoms with Crippen molar-refractivity contribution >= 4 is 29.3 Å². The topological polar surface area (TPSA) is 55.4 Å². The lowest BCUT2D eigenvalue weighted by Gasteiger charge is -2.13. The molecule has 0 radical (unpaired) electrons. The summed E-state index contributed by atoms with van der Waals surface area (Å²) in [6.07, 6.45) is -0.822. The predicted molar refractivity (Wildman–Crippen MR) is 98.0 cm³/mol. The summed E-state index contributed by atoms with van der Waals surface area (Å²) in [5.74, 6) is 0.234. The molecular weight excluding hydrogens is 322 g/mol. The second kappa shape index (κ2) is 9.13. The maximum absolute atomic E-state index is 12.0. The fourth-order valence-corrected chi connectivity index (χ4v) is 2.75. The smallest absolute Gasteiger partial charge is 0.316 e. The summed E-state index contributed by atoms with van der Waals surface area (Å²) >= 11 is 1.47. The first-order chi connectivity index (χ1) is 11.5. The second-order valence-electron chi connectivity index (χ2n) is 5.47. The third kappa shape index (κ3) is 6.08. The van der Waals surface area contributed by atoms with Crippen LogP contribution in [0.3, 0.4) is 0 Å². The van der Waals surface area contributed by atoms with E-state index in [0.29, 0.717) is 5.69 Å². The third-order valence-corrected chi connectivity index (χ3v) is 4.31. The molecule has 0 saturated carbocycles. The van der Waals surface area contributed by atoms with Crippen molar-refractivity contribution in [3.05, 3.63) is 65.7 Å². The zero-order valence-electron chi connectivity index (χ0n) is 13.8. The van der Waals surface area contributed by atoms with Gasteiger partial charge < -0.3 is 10.1 Å². The van der Waals surface area contributed by atoms with Crippen LogP contribution in [0.1, 0.15) is 18.1 Å². The van der Waals surface area contributed by atoms with Gasteiger partial charge in [0.25, 0.3) is 5.91 Å². The summed E-state index contributed by atoms with van der Waals surface area (Å²) in [6.45, 7) is 3.61. The molecule has 126 valence electrons. The van der Waals surface area contributed by atoms with E-state index in [1.165, 1.54) is 17.3 Å². The van der Waals surface area contributed by atoms with Crippen molar-refractivity contribution in [2.75, 3.05) is 11.1 Å². The number of ether oxygens (including phenoxy) is 1. The molecule has 24 heavy (non-hydrogen) atoms. The molecule has 0 unspecified atom stereocenters. The Morgan fingerprint density at radius 1 is 1.08 bits per heavy atom. The van der Waals surface area contributed by atoms with Gasteiger partial charge in [0.2, 0.25) is 0 Å². The summed E-state index contributed by atoms with van der Waals surface area (Å²) in [7, 11) is 0. The summed E-state index contributed by atoms with van der Waals surface area (Å²) in [5, 5.41) is 2.71. The average molecular weight is 343 g/mol. The fourth-order valence-electron chi connectivity index (χ4n) is 1.99. The van der Waals surface area contributed by atoms with Crippen LogP contribution in [0.15, 0.2) is 54.6 Å². The number of hydrogen-bond donors (Lipinski definition) is 1. The van der Waals surface area contributed by atoms with Crippen LogP contribution in [0, 0.1) is 6.92 Å². The summed E-state index contributed by atoms with van der Waals surface area (Å²) in [5.41, 5.74) is 3.05. The summed E-state index contributed by atoms with van der Waals surface area (Å²) < 4.78 is 5.17. The second-order valence-corrected chi connectivity index (χ2v) is 6.45. The number of amides is 1. The summed E-state index contributed by atoms with van der Waals surface area (Å²) in [4.78, 5) is 23.8. The number of para-hydroxylation sites is 1. The van der Waals surface area contributed by atoms with Crippen molar-refractivity contribution in [1.82, 2.24) is 0 Å². The number of nitrogens with one attached hydrogen (secondary N) is 1. The molecule has 1 amide bonds. The van der Waals surface area contributed by atoms with E-state index in [-0.39, 0.29) is 17.6 Å². The minimum Gasteiger partial charge on any atom is -0.452 e. The monoisotopic (exact) mass is 343 g/mol. The van der Waals surface area contributed by atoms with Crippen molar-refractivity contribution in [2.24, 2.45) is 0 Å². The van der Waals surface area contributed by atoms with Crippen molar-refractivity contribution in [1.29, 1.82) is 0 Å². The molecule has 5 heteroatoms. The molecule has 0 aliphatic rings. The van der Waals surface area contributed by atoms with Crippen LogP contribution in [-0.2, 0) is 20.1 Å². The molecule has 0 bridgehead atoms. The van der Waals surface area contributed by atoms with Gasteiger partial charge in [-0.1, -0.05) is 48.0 Å². The van der Waals surface area contributed by atoms with Crippen molar-refractivity contribution in [3.63, 3.8) is 0 Å². The van der Waals surface area contributed by atoms with Gasteiger partial charge in [0.1, 0.15) is 0 Å². The lowest BCUT2D eigenvalue weighted by Crippen LogP contribution is -2.30. The van der Waals surface area contributed by atoms with Gasteiger partial charge in [0, 0.05) is 11.4 Å². The van der Waals surface area contributed by atoms with Crippen LogP contribution in [-0.4, -0.2) is 23.7 Å². The number of hydrogen-bond acceptors (Lipinski definition) is 4. The van der Waals surface area contributed by atoms with Crippen LogP contribution < -0.4 is 5.32 Å². The van der Waals surface area contributed by atoms with Gasteiger partial charge in [0.15, 0.2) is 6.10 Å². The average Bonchev–Trinajstić information content (AvgIpc) is 2.57. The molecule has 1 atom stereocenters. The van der Waals surface area contributed by atoms with Crippen LogP contribution >= 0.6 is 11.8 Å². The molecule has 0 aliphatic heterocycles. The van der Waals surface area contributed by atoms with Gasteiger partial charge in [-0.2, -0.15) is 0 Å². The lowest BCUT2D eigenvalue weighted by atomic mass is 10.2. The maximum atomic E-state index is 12.0. The number of aryl methyl sites for hydroxylation is 1. The van der Waals surface area contributed by atoms with Crippen LogP contribution in [0.2, 0.25) is 0 Å². The Morgan fingerprint density at radius 2 is 1.75 bits per heavy atom. The zero-order chi connectivity index (χ0) is 17.4. The van der Waals surface area contributed by atoms with Crippen LogP contribution in [0.4, 0.5) is 5.69 Å². The Morgan fingerprint density at radius 3 is 2.42 bits per heavy atom. The molecule has 2 rings (SSSR count). The van der Waals surface area contributed by atoms with Gasteiger partial charge in [-0.25, -0.2) is 0 Å². The molecule has 1 N–H and O–H groups in total. The number of carbonyl (C=O) groups is 2. The Balaban J connectivity index is 1.71. The SMILES string of the molecule is Cc1ccc(CSCC(=O)O[C@H](C)C(=O)Nc2ccccc2)cc1. The van der Waals surface area contributed by atoms with Crippen molar-refractivity contribution in [3.8, 4) is 0 Å². The Labute approximate surface area is 146 Å². The summed E-state index contributed by atoms with van der Waals surface area (Å²) in [6, 6.07) is 17.3. The Kier molecular flexibility index (Phi) is 6.88. The van der Waals surface area contributed by atoms with E-state index in [1.54, 1.807) is 19.1 Å². The normalized spacial score (nSPS) is 11.6. The van der Waals surface area contributed by atoms with Crippen molar-refractivity contribution < 1.29 is 14.3 Å². The van der Waals surface area contributed by atoms with E-state index in [2.05, 4.69) is 5.32 Å². The zero-order valence-corrected chi connectivity index (χ0v) is 14.6. The first-order valence-electron chi connectivity index (χ1n) is 7.73. The highest BCUT2D eigenvalue weighted by Gasteiger charge is 2.17. The largest absolute Gasteiger partial charge is 0.452 e. The van der Waals surface area contributed by atoms with Gasteiger partial charge >= 0.3 is 5.97 Å². The van der Waals surface area contributed by atoms with E-state index in [0.717, 1.165) is 11.3 Å². The number of thioether (sulfide) groups is 1. The molecule has 0 fully saturated rings. The van der Waals surface area contributed by atoms with Crippen LogP contribution in [0.5, 0.6) is 0 Å². The fraction of sp³-hybridized carbons (Fsp3) is 0.263. The Bertz CT molecular complexity index is 671. The highest BCUT2D eigenvalue weighted by molar-refractivity contribution is 7.99. The third-order valence-electron chi connectivity index (χ3n) is 3.33. The van der Waals surface area contributed by atoms with E-state index in [1.807, 2.05) is 49.4 Å². The molecule has 0 aliphatic carbocycles.